The maximum Gasteiger partial charge on any atom is 0.305 e. The van der Waals surface area contributed by atoms with Gasteiger partial charge in [-0.2, -0.15) is 5.26 Å². The zero-order valence-corrected chi connectivity index (χ0v) is 22.4. The standard InChI is InChI=1S/C30H33N3O6/c1-4-38-28(34)11-8-16-39-25-18-27(37-3)26(36-2)17-24(25)29(33-23-14-12-21(19-31)13-15-23)30(35)32-20-22-9-6-5-7-10-22/h5-7,9-10,12-15,17-18,29,33H,4,8,11,16,20H2,1-3H3,(H,32,35). The number of carbonyl (C=O) groups excluding carboxylic acids is 2. The van der Waals surface area contributed by atoms with E-state index in [4.69, 9.17) is 24.2 Å². The lowest BCUT2D eigenvalue weighted by Crippen LogP contribution is -2.33. The molecule has 0 aromatic heterocycles. The molecule has 9 heteroatoms. The second-order valence-corrected chi connectivity index (χ2v) is 8.47. The monoisotopic (exact) mass is 531 g/mol. The Morgan fingerprint density at radius 1 is 0.949 bits per heavy atom. The summed E-state index contributed by atoms with van der Waals surface area (Å²) in [5.74, 6) is 0.663. The van der Waals surface area contributed by atoms with Crippen LogP contribution in [0.5, 0.6) is 17.2 Å². The van der Waals surface area contributed by atoms with E-state index >= 15 is 0 Å². The van der Waals surface area contributed by atoms with Gasteiger partial charge in [0.1, 0.15) is 11.8 Å². The smallest absolute Gasteiger partial charge is 0.305 e. The van der Waals surface area contributed by atoms with Crippen molar-refractivity contribution in [2.75, 3.05) is 32.8 Å². The molecule has 3 rings (SSSR count). The zero-order chi connectivity index (χ0) is 28.0. The Morgan fingerprint density at radius 3 is 2.28 bits per heavy atom. The molecule has 0 aliphatic carbocycles. The van der Waals surface area contributed by atoms with E-state index in [-0.39, 0.29) is 24.9 Å². The third-order valence-electron chi connectivity index (χ3n) is 5.81. The number of nitrogens with zero attached hydrogens (tertiary/aromatic N) is 1. The summed E-state index contributed by atoms with van der Waals surface area (Å²) in [7, 11) is 3.03. The molecule has 0 radical (unpaired) electrons. The number of esters is 1. The molecular formula is C30H33N3O6. The molecule has 9 nitrogen and oxygen atoms in total. The van der Waals surface area contributed by atoms with Crippen LogP contribution in [0, 0.1) is 11.3 Å². The van der Waals surface area contributed by atoms with Crippen molar-refractivity contribution in [1.29, 1.82) is 5.26 Å². The zero-order valence-electron chi connectivity index (χ0n) is 22.4. The van der Waals surface area contributed by atoms with E-state index in [2.05, 4.69) is 16.7 Å². The topological polar surface area (TPSA) is 119 Å². The number of anilines is 1. The number of benzene rings is 3. The van der Waals surface area contributed by atoms with Crippen molar-refractivity contribution >= 4 is 17.6 Å². The Labute approximate surface area is 228 Å². The normalized spacial score (nSPS) is 11.0. The van der Waals surface area contributed by atoms with Gasteiger partial charge in [-0.1, -0.05) is 30.3 Å². The Morgan fingerprint density at radius 2 is 1.64 bits per heavy atom. The van der Waals surface area contributed by atoms with Gasteiger partial charge in [0, 0.05) is 30.3 Å². The molecule has 204 valence electrons. The minimum atomic E-state index is -0.887. The largest absolute Gasteiger partial charge is 0.493 e. The highest BCUT2D eigenvalue weighted by molar-refractivity contribution is 5.87. The van der Waals surface area contributed by atoms with Crippen LogP contribution in [0.3, 0.4) is 0 Å². The van der Waals surface area contributed by atoms with Gasteiger partial charge in [-0.05, 0) is 49.2 Å². The van der Waals surface area contributed by atoms with Crippen molar-refractivity contribution in [3.05, 3.63) is 83.4 Å². The molecule has 0 aliphatic rings. The first-order valence-electron chi connectivity index (χ1n) is 12.6. The van der Waals surface area contributed by atoms with Crippen LogP contribution in [-0.2, 0) is 20.9 Å². The first-order chi connectivity index (χ1) is 19.0. The predicted molar refractivity (Wildman–Crippen MR) is 147 cm³/mol. The highest BCUT2D eigenvalue weighted by Gasteiger charge is 2.27. The van der Waals surface area contributed by atoms with Gasteiger partial charge in [-0.25, -0.2) is 0 Å². The van der Waals surface area contributed by atoms with Gasteiger partial charge in [-0.3, -0.25) is 9.59 Å². The van der Waals surface area contributed by atoms with Crippen LogP contribution in [0.4, 0.5) is 5.69 Å². The number of nitrogens with one attached hydrogen (secondary N) is 2. The lowest BCUT2D eigenvalue weighted by atomic mass is 10.0. The van der Waals surface area contributed by atoms with Crippen LogP contribution in [-0.4, -0.2) is 39.3 Å². The fourth-order valence-corrected chi connectivity index (χ4v) is 3.84. The van der Waals surface area contributed by atoms with E-state index in [1.54, 1.807) is 43.3 Å². The van der Waals surface area contributed by atoms with Crippen molar-refractivity contribution in [2.45, 2.75) is 32.4 Å². The molecule has 3 aromatic rings. The fourth-order valence-electron chi connectivity index (χ4n) is 3.84. The van der Waals surface area contributed by atoms with Crippen LogP contribution in [0.15, 0.2) is 66.7 Å². The number of nitriles is 1. The van der Waals surface area contributed by atoms with E-state index in [0.29, 0.717) is 53.6 Å². The molecule has 0 saturated carbocycles. The van der Waals surface area contributed by atoms with Gasteiger partial charge in [0.05, 0.1) is 39.1 Å². The van der Waals surface area contributed by atoms with E-state index in [0.717, 1.165) is 5.56 Å². The highest BCUT2D eigenvalue weighted by Crippen LogP contribution is 2.39. The summed E-state index contributed by atoms with van der Waals surface area (Å²) in [6, 6.07) is 21.0. The molecule has 1 amide bonds. The third kappa shape index (κ3) is 8.40. The van der Waals surface area contributed by atoms with Crippen LogP contribution in [0.1, 0.15) is 42.5 Å². The maximum atomic E-state index is 13.6. The number of hydrogen-bond donors (Lipinski definition) is 2. The minimum Gasteiger partial charge on any atom is -0.493 e. The first kappa shape index (κ1) is 28.9. The Bertz CT molecular complexity index is 1270. The van der Waals surface area contributed by atoms with E-state index in [9.17, 15) is 9.59 Å². The molecule has 0 heterocycles. The van der Waals surface area contributed by atoms with Crippen molar-refractivity contribution < 1.29 is 28.5 Å². The van der Waals surface area contributed by atoms with Gasteiger partial charge in [-0.15, -0.1) is 0 Å². The summed E-state index contributed by atoms with van der Waals surface area (Å²) in [4.78, 5) is 25.4. The SMILES string of the molecule is CCOC(=O)CCCOc1cc(OC)c(OC)cc1C(Nc1ccc(C#N)cc1)C(=O)NCc1ccccc1. The van der Waals surface area contributed by atoms with Gasteiger partial charge in [0.2, 0.25) is 5.91 Å². The number of amides is 1. The Balaban J connectivity index is 1.93. The second kappa shape index (κ2) is 14.9. The molecule has 3 aromatic carbocycles. The molecule has 0 aliphatic heterocycles. The number of carbonyl (C=O) groups is 2. The summed E-state index contributed by atoms with van der Waals surface area (Å²) in [5, 5.41) is 15.4. The molecule has 0 saturated heterocycles. The molecule has 2 N–H and O–H groups in total. The van der Waals surface area contributed by atoms with Crippen LogP contribution in [0.2, 0.25) is 0 Å². The van der Waals surface area contributed by atoms with E-state index in [1.807, 2.05) is 30.3 Å². The summed E-state index contributed by atoms with van der Waals surface area (Å²) in [5.41, 5.74) is 2.60. The minimum absolute atomic E-state index is 0.209. The third-order valence-corrected chi connectivity index (χ3v) is 5.81. The van der Waals surface area contributed by atoms with Gasteiger partial charge < -0.3 is 29.6 Å². The summed E-state index contributed by atoms with van der Waals surface area (Å²) < 4.78 is 22.0. The lowest BCUT2D eigenvalue weighted by Gasteiger charge is -2.24. The Kier molecular flexibility index (Phi) is 11.0. The fraction of sp³-hybridized carbons (Fsp3) is 0.300. The van der Waals surface area contributed by atoms with Gasteiger partial charge >= 0.3 is 5.97 Å². The molecule has 1 unspecified atom stereocenters. The maximum absolute atomic E-state index is 13.6. The van der Waals surface area contributed by atoms with Crippen molar-refractivity contribution in [3.8, 4) is 23.3 Å². The van der Waals surface area contributed by atoms with Crippen LogP contribution < -0.4 is 24.8 Å². The average Bonchev–Trinajstić information content (AvgIpc) is 2.97. The number of hydrogen-bond acceptors (Lipinski definition) is 8. The molecule has 0 spiro atoms. The summed E-state index contributed by atoms with van der Waals surface area (Å²) >= 11 is 0. The van der Waals surface area contributed by atoms with Gasteiger partial charge in [0.15, 0.2) is 11.5 Å². The van der Waals surface area contributed by atoms with Crippen molar-refractivity contribution in [1.82, 2.24) is 5.32 Å². The molecule has 0 fully saturated rings. The summed E-state index contributed by atoms with van der Waals surface area (Å²) in [6.45, 7) is 2.62. The summed E-state index contributed by atoms with van der Waals surface area (Å²) in [6.07, 6.45) is 0.640. The van der Waals surface area contributed by atoms with Crippen LogP contribution >= 0.6 is 0 Å². The van der Waals surface area contributed by atoms with Crippen molar-refractivity contribution in [3.63, 3.8) is 0 Å². The molecule has 1 atom stereocenters. The van der Waals surface area contributed by atoms with Crippen molar-refractivity contribution in [2.24, 2.45) is 0 Å². The molecule has 0 bridgehead atoms. The van der Waals surface area contributed by atoms with E-state index < -0.39 is 6.04 Å². The number of methoxy groups -OCH3 is 2. The van der Waals surface area contributed by atoms with E-state index in [1.165, 1.54) is 14.2 Å². The average molecular weight is 532 g/mol. The first-order valence-corrected chi connectivity index (χ1v) is 12.6. The quantitative estimate of drug-likeness (QED) is 0.226. The molecule has 39 heavy (non-hydrogen) atoms. The number of ether oxygens (including phenoxy) is 4. The van der Waals surface area contributed by atoms with Crippen LogP contribution in [0.25, 0.3) is 0 Å². The molecular weight excluding hydrogens is 498 g/mol. The Hall–Kier alpha value is -4.71. The predicted octanol–water partition coefficient (Wildman–Crippen LogP) is 4.77. The van der Waals surface area contributed by atoms with Gasteiger partial charge in [0.25, 0.3) is 0 Å². The number of rotatable bonds is 14. The second-order valence-electron chi connectivity index (χ2n) is 8.47. The lowest BCUT2D eigenvalue weighted by molar-refractivity contribution is -0.143. The highest BCUT2D eigenvalue weighted by atomic mass is 16.5.